The summed E-state index contributed by atoms with van der Waals surface area (Å²) in [6.07, 6.45) is 1.64. The molecule has 0 N–H and O–H groups in total. The summed E-state index contributed by atoms with van der Waals surface area (Å²) >= 11 is 5.12. The van der Waals surface area contributed by atoms with Crippen LogP contribution < -0.4 is 4.74 Å². The monoisotopic (exact) mass is 247 g/mol. The highest BCUT2D eigenvalue weighted by Crippen LogP contribution is 2.29. The van der Waals surface area contributed by atoms with Gasteiger partial charge in [-0.05, 0) is 29.9 Å². The van der Waals surface area contributed by atoms with Gasteiger partial charge in [0.05, 0.1) is 7.11 Å². The third-order valence-corrected chi connectivity index (χ3v) is 2.85. The lowest BCUT2D eigenvalue weighted by Crippen LogP contribution is -2.27. The van der Waals surface area contributed by atoms with Gasteiger partial charge < -0.3 is 9.64 Å². The largest absolute Gasteiger partial charge is 0.497 e. The molecule has 1 aliphatic rings. The van der Waals surface area contributed by atoms with Crippen LogP contribution in [0.3, 0.4) is 0 Å². The van der Waals surface area contributed by atoms with Gasteiger partial charge in [-0.25, -0.2) is 0 Å². The van der Waals surface area contributed by atoms with Gasteiger partial charge in [-0.3, -0.25) is 0 Å². The maximum absolute atomic E-state index is 5.12. The molecule has 1 heterocycles. The average Bonchev–Trinajstić information content (AvgIpc) is 2.72. The average molecular weight is 247 g/mol. The minimum absolute atomic E-state index is 0.147. The van der Waals surface area contributed by atoms with Crippen molar-refractivity contribution >= 4 is 17.3 Å². The first-order valence-electron chi connectivity index (χ1n) is 5.22. The first-order chi connectivity index (χ1) is 8.26. The van der Waals surface area contributed by atoms with Crippen molar-refractivity contribution in [1.82, 2.24) is 4.90 Å². The van der Waals surface area contributed by atoms with E-state index in [1.165, 1.54) is 0 Å². The molecule has 0 saturated heterocycles. The Morgan fingerprint density at radius 2 is 2.18 bits per heavy atom. The SMILES string of the molecule is C=CCN1C(=S)N=NC1c1ccc(OC)cc1. The number of hydrogen-bond donors (Lipinski definition) is 0. The summed E-state index contributed by atoms with van der Waals surface area (Å²) in [6.45, 7) is 4.35. The van der Waals surface area contributed by atoms with Gasteiger partial charge in [0.2, 0.25) is 5.11 Å². The number of rotatable bonds is 4. The normalized spacial score (nSPS) is 18.5. The molecule has 5 heteroatoms. The molecule has 0 saturated carbocycles. The van der Waals surface area contributed by atoms with Crippen LogP contribution in [0.5, 0.6) is 5.75 Å². The van der Waals surface area contributed by atoms with Crippen LogP contribution in [0.25, 0.3) is 0 Å². The van der Waals surface area contributed by atoms with Crippen molar-refractivity contribution in [2.24, 2.45) is 10.2 Å². The van der Waals surface area contributed by atoms with Crippen LogP contribution in [-0.2, 0) is 0 Å². The van der Waals surface area contributed by atoms with Crippen molar-refractivity contribution in [2.75, 3.05) is 13.7 Å². The number of hydrogen-bond acceptors (Lipinski definition) is 3. The highest BCUT2D eigenvalue weighted by molar-refractivity contribution is 7.80. The van der Waals surface area contributed by atoms with Crippen molar-refractivity contribution in [1.29, 1.82) is 0 Å². The maximum atomic E-state index is 5.12. The lowest BCUT2D eigenvalue weighted by Gasteiger charge is -2.21. The van der Waals surface area contributed by atoms with Crippen LogP contribution in [0.2, 0.25) is 0 Å². The van der Waals surface area contributed by atoms with E-state index in [1.54, 1.807) is 13.2 Å². The summed E-state index contributed by atoms with van der Waals surface area (Å²) in [5, 5.41) is 8.61. The van der Waals surface area contributed by atoms with Gasteiger partial charge in [0.15, 0.2) is 6.17 Å². The topological polar surface area (TPSA) is 37.2 Å². The molecule has 0 radical (unpaired) electrons. The third kappa shape index (κ3) is 2.34. The van der Waals surface area contributed by atoms with Crippen molar-refractivity contribution in [3.05, 3.63) is 42.5 Å². The van der Waals surface area contributed by atoms with Crippen LogP contribution in [0.4, 0.5) is 0 Å². The molecular formula is C12H13N3OS. The number of nitrogens with zero attached hydrogens (tertiary/aromatic N) is 3. The molecular weight excluding hydrogens is 234 g/mol. The predicted molar refractivity (Wildman–Crippen MR) is 70.1 cm³/mol. The zero-order chi connectivity index (χ0) is 12.3. The summed E-state index contributed by atoms with van der Waals surface area (Å²) < 4.78 is 5.12. The summed E-state index contributed by atoms with van der Waals surface area (Å²) in [4.78, 5) is 1.92. The van der Waals surface area contributed by atoms with Gasteiger partial charge in [-0.15, -0.1) is 11.7 Å². The molecule has 1 unspecified atom stereocenters. The maximum Gasteiger partial charge on any atom is 0.218 e. The molecule has 1 aromatic rings. The number of azo groups is 1. The molecule has 1 aliphatic heterocycles. The zero-order valence-electron chi connectivity index (χ0n) is 9.54. The molecule has 0 aromatic heterocycles. The second-order valence-electron chi connectivity index (χ2n) is 3.59. The van der Waals surface area contributed by atoms with E-state index in [4.69, 9.17) is 17.0 Å². The molecule has 0 spiro atoms. The Hall–Kier alpha value is -1.75. The van der Waals surface area contributed by atoms with Gasteiger partial charge in [0.25, 0.3) is 0 Å². The predicted octanol–water partition coefficient (Wildman–Crippen LogP) is 2.93. The van der Waals surface area contributed by atoms with Gasteiger partial charge in [0, 0.05) is 6.54 Å². The highest BCUT2D eigenvalue weighted by Gasteiger charge is 2.26. The molecule has 0 amide bonds. The van der Waals surface area contributed by atoms with E-state index in [0.29, 0.717) is 11.7 Å². The van der Waals surface area contributed by atoms with Gasteiger partial charge >= 0.3 is 0 Å². The van der Waals surface area contributed by atoms with E-state index in [0.717, 1.165) is 11.3 Å². The zero-order valence-corrected chi connectivity index (χ0v) is 10.4. The fraction of sp³-hybridized carbons (Fsp3) is 0.250. The number of thiocarbonyl (C=S) groups is 1. The molecule has 0 fully saturated rings. The quantitative estimate of drug-likeness (QED) is 0.606. The van der Waals surface area contributed by atoms with Crippen LogP contribution >= 0.6 is 12.2 Å². The minimum Gasteiger partial charge on any atom is -0.497 e. The Balaban J connectivity index is 2.23. The Bertz CT molecular complexity index is 455. The van der Waals surface area contributed by atoms with E-state index in [2.05, 4.69) is 16.8 Å². The second kappa shape index (κ2) is 5.05. The first-order valence-corrected chi connectivity index (χ1v) is 5.63. The number of methoxy groups -OCH3 is 1. The Morgan fingerprint density at radius 3 is 2.76 bits per heavy atom. The smallest absolute Gasteiger partial charge is 0.218 e. The fourth-order valence-electron chi connectivity index (χ4n) is 1.67. The Kier molecular flexibility index (Phi) is 3.49. The van der Waals surface area contributed by atoms with E-state index >= 15 is 0 Å². The standard InChI is InChI=1S/C12H13N3OS/c1-3-8-15-11(13-14-12(15)17)9-4-6-10(16-2)7-5-9/h3-7,11H,1,8H2,2H3. The van der Waals surface area contributed by atoms with Gasteiger partial charge in [0.1, 0.15) is 5.75 Å². The fourth-order valence-corrected chi connectivity index (χ4v) is 1.89. The Morgan fingerprint density at radius 1 is 1.47 bits per heavy atom. The van der Waals surface area contributed by atoms with Crippen LogP contribution in [0.1, 0.15) is 11.7 Å². The van der Waals surface area contributed by atoms with Gasteiger partial charge in [-0.2, -0.15) is 5.11 Å². The second-order valence-corrected chi connectivity index (χ2v) is 3.95. The third-order valence-electron chi connectivity index (χ3n) is 2.53. The minimum atomic E-state index is -0.147. The number of benzene rings is 1. The summed E-state index contributed by atoms with van der Waals surface area (Å²) in [5.74, 6) is 0.821. The molecule has 17 heavy (non-hydrogen) atoms. The molecule has 1 atom stereocenters. The number of ether oxygens (including phenoxy) is 1. The Labute approximate surface area is 106 Å². The van der Waals surface area contributed by atoms with Gasteiger partial charge in [-0.1, -0.05) is 18.2 Å². The van der Waals surface area contributed by atoms with E-state index in [1.807, 2.05) is 29.2 Å². The van der Waals surface area contributed by atoms with Crippen LogP contribution in [0, 0.1) is 0 Å². The molecule has 1 aromatic carbocycles. The summed E-state index contributed by atoms with van der Waals surface area (Å²) in [7, 11) is 1.64. The molecule has 2 rings (SSSR count). The van der Waals surface area contributed by atoms with E-state index in [9.17, 15) is 0 Å². The van der Waals surface area contributed by atoms with E-state index < -0.39 is 0 Å². The molecule has 0 bridgehead atoms. The molecule has 0 aliphatic carbocycles. The highest BCUT2D eigenvalue weighted by atomic mass is 32.1. The lowest BCUT2D eigenvalue weighted by molar-refractivity contribution is 0.379. The van der Waals surface area contributed by atoms with Crippen molar-refractivity contribution in [3.8, 4) is 5.75 Å². The summed E-state index contributed by atoms with van der Waals surface area (Å²) in [5.41, 5.74) is 1.04. The molecule has 88 valence electrons. The van der Waals surface area contributed by atoms with Crippen LogP contribution in [-0.4, -0.2) is 23.7 Å². The summed E-state index contributed by atoms with van der Waals surface area (Å²) in [6, 6.07) is 7.73. The lowest BCUT2D eigenvalue weighted by atomic mass is 10.1. The van der Waals surface area contributed by atoms with Crippen molar-refractivity contribution in [3.63, 3.8) is 0 Å². The van der Waals surface area contributed by atoms with E-state index in [-0.39, 0.29) is 6.17 Å². The first kappa shape index (κ1) is 11.7. The van der Waals surface area contributed by atoms with Crippen molar-refractivity contribution < 1.29 is 4.74 Å². The van der Waals surface area contributed by atoms with Crippen LogP contribution in [0.15, 0.2) is 47.1 Å². The molecule has 4 nitrogen and oxygen atoms in total. The van der Waals surface area contributed by atoms with Crippen molar-refractivity contribution in [2.45, 2.75) is 6.17 Å².